The Balaban J connectivity index is 2.06. The summed E-state index contributed by atoms with van der Waals surface area (Å²) in [4.78, 5) is 3.19. The van der Waals surface area contributed by atoms with Gasteiger partial charge in [-0.3, -0.25) is 0 Å². The van der Waals surface area contributed by atoms with E-state index in [0.29, 0.717) is 16.7 Å². The van der Waals surface area contributed by atoms with Crippen molar-refractivity contribution >= 4 is 36.2 Å². The van der Waals surface area contributed by atoms with Crippen LogP contribution in [0.2, 0.25) is 0 Å². The molecule has 6 nitrogen and oxygen atoms in total. The van der Waals surface area contributed by atoms with Crippen LogP contribution in [0.4, 0.5) is 0 Å². The zero-order chi connectivity index (χ0) is 17.0. The lowest BCUT2D eigenvalue weighted by Gasteiger charge is -2.32. The monoisotopic (exact) mass is 317 g/mol. The Bertz CT molecular complexity index is 725. The summed E-state index contributed by atoms with van der Waals surface area (Å²) < 4.78 is 17.3. The lowest BCUT2D eigenvalue weighted by Crippen LogP contribution is -2.41. The van der Waals surface area contributed by atoms with Gasteiger partial charge in [0.15, 0.2) is 0 Å². The molecule has 0 radical (unpaired) electrons. The fourth-order valence-electron chi connectivity index (χ4n) is 2.68. The van der Waals surface area contributed by atoms with Crippen LogP contribution in [0.3, 0.4) is 0 Å². The van der Waals surface area contributed by atoms with Crippen LogP contribution in [0, 0.1) is 0 Å². The Morgan fingerprint density at radius 1 is 1.09 bits per heavy atom. The van der Waals surface area contributed by atoms with Crippen LogP contribution in [0.25, 0.3) is 10.9 Å². The van der Waals surface area contributed by atoms with E-state index in [9.17, 15) is 10.0 Å². The molecule has 0 amide bonds. The van der Waals surface area contributed by atoms with Crippen LogP contribution in [0.15, 0.2) is 18.2 Å². The predicted octanol–water partition coefficient (Wildman–Crippen LogP) is 0.155. The van der Waals surface area contributed by atoms with Gasteiger partial charge in [-0.15, -0.1) is 0 Å². The molecule has 1 aliphatic rings. The Morgan fingerprint density at radius 3 is 2.22 bits per heavy atom. The third kappa shape index (κ3) is 2.65. The number of rotatable bonds is 3. The quantitative estimate of drug-likeness (QED) is 0.702. The number of fused-ring (bicyclic) bond motifs is 1. The van der Waals surface area contributed by atoms with Crippen molar-refractivity contribution in [2.45, 2.75) is 38.9 Å². The SMILES string of the molecule is COc1cc(B(O)O)c2[nH]c(B3OC(C)(C)C(C)(C)O3)cc2c1. The summed E-state index contributed by atoms with van der Waals surface area (Å²) in [6.07, 6.45) is 0. The highest BCUT2D eigenvalue weighted by molar-refractivity contribution is 6.64. The average Bonchev–Trinajstić information content (AvgIpc) is 2.96. The topological polar surface area (TPSA) is 83.9 Å². The van der Waals surface area contributed by atoms with Crippen LogP contribution < -0.4 is 15.8 Å². The molecule has 0 unspecified atom stereocenters. The normalized spacial score (nSPS) is 19.3. The number of nitrogens with one attached hydrogen (secondary N) is 1. The molecule has 0 bridgehead atoms. The molecule has 122 valence electrons. The number of H-pyrrole nitrogens is 1. The first-order chi connectivity index (χ1) is 10.6. The van der Waals surface area contributed by atoms with Crippen LogP contribution in [0.1, 0.15) is 27.7 Å². The number of aromatic nitrogens is 1. The summed E-state index contributed by atoms with van der Waals surface area (Å²) in [6, 6.07) is 5.30. The summed E-state index contributed by atoms with van der Waals surface area (Å²) in [5.74, 6) is 0.556. The van der Waals surface area contributed by atoms with Gasteiger partial charge in [-0.05, 0) is 45.9 Å². The second-order valence-corrected chi connectivity index (χ2v) is 6.87. The molecule has 1 saturated heterocycles. The zero-order valence-electron chi connectivity index (χ0n) is 14.0. The van der Waals surface area contributed by atoms with E-state index in [4.69, 9.17) is 14.0 Å². The smallest absolute Gasteiger partial charge is 0.497 e. The fourth-order valence-corrected chi connectivity index (χ4v) is 2.68. The van der Waals surface area contributed by atoms with Crippen LogP contribution in [-0.2, 0) is 9.31 Å². The minimum atomic E-state index is -1.60. The zero-order valence-corrected chi connectivity index (χ0v) is 14.0. The number of hydrogen-bond acceptors (Lipinski definition) is 5. The molecular formula is C15H21B2NO5. The van der Waals surface area contributed by atoms with Crippen molar-refractivity contribution in [1.29, 1.82) is 0 Å². The maximum absolute atomic E-state index is 9.60. The highest BCUT2D eigenvalue weighted by Gasteiger charge is 2.52. The van der Waals surface area contributed by atoms with Crippen LogP contribution >= 0.6 is 0 Å². The molecule has 0 atom stereocenters. The van der Waals surface area contributed by atoms with Gasteiger partial charge in [0.05, 0.1) is 18.3 Å². The Hall–Kier alpha value is -1.47. The summed E-state index contributed by atoms with van der Waals surface area (Å²) >= 11 is 0. The van der Waals surface area contributed by atoms with Gasteiger partial charge >= 0.3 is 14.2 Å². The second-order valence-electron chi connectivity index (χ2n) is 6.87. The molecule has 3 N–H and O–H groups in total. The van der Waals surface area contributed by atoms with E-state index in [1.807, 2.05) is 39.8 Å². The summed E-state index contributed by atoms with van der Waals surface area (Å²) in [7, 11) is -0.601. The third-order valence-electron chi connectivity index (χ3n) is 4.77. The van der Waals surface area contributed by atoms with Crippen molar-refractivity contribution in [2.24, 2.45) is 0 Å². The van der Waals surface area contributed by atoms with E-state index in [0.717, 1.165) is 11.0 Å². The number of ether oxygens (including phenoxy) is 1. The highest BCUT2D eigenvalue weighted by Crippen LogP contribution is 2.36. The third-order valence-corrected chi connectivity index (χ3v) is 4.77. The molecule has 0 saturated carbocycles. The minimum Gasteiger partial charge on any atom is -0.497 e. The first-order valence-corrected chi connectivity index (χ1v) is 7.57. The van der Waals surface area contributed by atoms with Gasteiger partial charge in [-0.2, -0.15) is 0 Å². The van der Waals surface area contributed by atoms with E-state index < -0.39 is 25.4 Å². The van der Waals surface area contributed by atoms with Gasteiger partial charge in [0.2, 0.25) is 0 Å². The molecule has 0 spiro atoms. The molecule has 1 aromatic heterocycles. The average molecular weight is 317 g/mol. The van der Waals surface area contributed by atoms with Crippen molar-refractivity contribution < 1.29 is 24.1 Å². The van der Waals surface area contributed by atoms with Crippen LogP contribution in [-0.4, -0.2) is 47.6 Å². The Kier molecular flexibility index (Phi) is 3.76. The molecule has 2 heterocycles. The van der Waals surface area contributed by atoms with E-state index >= 15 is 0 Å². The Morgan fingerprint density at radius 2 is 1.70 bits per heavy atom. The van der Waals surface area contributed by atoms with Gasteiger partial charge in [-0.1, -0.05) is 0 Å². The standard InChI is InChI=1S/C15H21B2NO5/c1-14(2)15(3,4)23-17(22-14)12-7-9-6-10(21-5)8-11(16(19)20)13(9)18-12/h6-8,18-20H,1-5H3. The van der Waals surface area contributed by atoms with Gasteiger partial charge in [0.25, 0.3) is 0 Å². The van der Waals surface area contributed by atoms with E-state index in [1.165, 1.54) is 7.11 Å². The Labute approximate surface area is 136 Å². The summed E-state index contributed by atoms with van der Waals surface area (Å²) in [5.41, 5.74) is 0.833. The van der Waals surface area contributed by atoms with Gasteiger partial charge in [0.1, 0.15) is 5.75 Å². The van der Waals surface area contributed by atoms with Gasteiger partial charge in [0, 0.05) is 22.0 Å². The van der Waals surface area contributed by atoms with Crippen molar-refractivity contribution in [3.63, 3.8) is 0 Å². The van der Waals surface area contributed by atoms with E-state index in [-0.39, 0.29) is 0 Å². The van der Waals surface area contributed by atoms with Crippen molar-refractivity contribution in [2.75, 3.05) is 7.11 Å². The van der Waals surface area contributed by atoms with Gasteiger partial charge < -0.3 is 29.1 Å². The summed E-state index contributed by atoms with van der Waals surface area (Å²) in [6.45, 7) is 7.95. The maximum atomic E-state index is 9.60. The molecule has 8 heteroatoms. The fraction of sp³-hybridized carbons (Fsp3) is 0.467. The number of methoxy groups -OCH3 is 1. The molecular weight excluding hydrogens is 296 g/mol. The molecule has 1 fully saturated rings. The molecule has 23 heavy (non-hydrogen) atoms. The van der Waals surface area contributed by atoms with Crippen molar-refractivity contribution in [3.8, 4) is 5.75 Å². The van der Waals surface area contributed by atoms with Gasteiger partial charge in [-0.25, -0.2) is 0 Å². The van der Waals surface area contributed by atoms with Crippen molar-refractivity contribution in [1.82, 2.24) is 4.98 Å². The van der Waals surface area contributed by atoms with Crippen LogP contribution in [0.5, 0.6) is 5.75 Å². The second kappa shape index (κ2) is 5.27. The minimum absolute atomic E-state index is 0.349. The first kappa shape index (κ1) is 16.4. The maximum Gasteiger partial charge on any atom is 0.512 e. The molecule has 1 aromatic carbocycles. The molecule has 0 aliphatic carbocycles. The lowest BCUT2D eigenvalue weighted by atomic mass is 9.79. The first-order valence-electron chi connectivity index (χ1n) is 7.57. The predicted molar refractivity (Wildman–Crippen MR) is 90.4 cm³/mol. The molecule has 1 aliphatic heterocycles. The summed E-state index contributed by atoms with van der Waals surface area (Å²) in [5, 5.41) is 20.0. The number of hydrogen-bond donors (Lipinski definition) is 3. The lowest BCUT2D eigenvalue weighted by molar-refractivity contribution is 0.00578. The van der Waals surface area contributed by atoms with Crippen molar-refractivity contribution in [3.05, 3.63) is 18.2 Å². The number of aromatic amines is 1. The van der Waals surface area contributed by atoms with E-state index in [1.54, 1.807) is 6.07 Å². The number of benzene rings is 1. The molecule has 2 aromatic rings. The van der Waals surface area contributed by atoms with E-state index in [2.05, 4.69) is 4.98 Å². The largest absolute Gasteiger partial charge is 0.512 e. The highest BCUT2D eigenvalue weighted by atomic mass is 16.7. The molecule has 3 rings (SSSR count).